The molecule has 0 aliphatic heterocycles. The average Bonchev–Trinajstić information content (AvgIpc) is 3.04. The van der Waals surface area contributed by atoms with Gasteiger partial charge in [0.25, 0.3) is 0 Å². The molecule has 1 fully saturated rings. The molecule has 102 valence electrons. The van der Waals surface area contributed by atoms with Gasteiger partial charge in [-0.05, 0) is 12.8 Å². The lowest BCUT2D eigenvalue weighted by molar-refractivity contribution is -0.173. The van der Waals surface area contributed by atoms with E-state index in [1.807, 2.05) is 4.57 Å². The van der Waals surface area contributed by atoms with E-state index in [4.69, 9.17) is 0 Å². The van der Waals surface area contributed by atoms with E-state index in [1.165, 1.54) is 0 Å². The molecule has 0 N–H and O–H groups in total. The lowest BCUT2D eigenvalue weighted by Gasteiger charge is -2.09. The maximum Gasteiger partial charge on any atom is 0.411 e. The van der Waals surface area contributed by atoms with Crippen molar-refractivity contribution in [2.24, 2.45) is 0 Å². The molecule has 1 aromatic rings. The van der Waals surface area contributed by atoms with E-state index in [0.29, 0.717) is 23.6 Å². The SMILES string of the molecule is FC(F)(F)COCCc1nnc(CBr)n1C1CC1. The van der Waals surface area contributed by atoms with Gasteiger partial charge in [-0.25, -0.2) is 0 Å². The van der Waals surface area contributed by atoms with Crippen LogP contribution in [0.3, 0.4) is 0 Å². The Balaban J connectivity index is 1.87. The largest absolute Gasteiger partial charge is 0.411 e. The number of aromatic nitrogens is 3. The van der Waals surface area contributed by atoms with Gasteiger partial charge in [-0.15, -0.1) is 10.2 Å². The molecule has 0 radical (unpaired) electrons. The number of ether oxygens (including phenoxy) is 1. The summed E-state index contributed by atoms with van der Waals surface area (Å²) in [5, 5.41) is 8.61. The highest BCUT2D eigenvalue weighted by Gasteiger charge is 2.30. The molecule has 0 bridgehead atoms. The molecule has 0 atom stereocenters. The molecule has 0 saturated heterocycles. The van der Waals surface area contributed by atoms with Crippen molar-refractivity contribution in [1.29, 1.82) is 0 Å². The zero-order chi connectivity index (χ0) is 13.2. The lowest BCUT2D eigenvalue weighted by Crippen LogP contribution is -2.18. The van der Waals surface area contributed by atoms with E-state index in [9.17, 15) is 13.2 Å². The first kappa shape index (κ1) is 13.8. The number of halogens is 4. The smallest absolute Gasteiger partial charge is 0.372 e. The van der Waals surface area contributed by atoms with Gasteiger partial charge >= 0.3 is 6.18 Å². The van der Waals surface area contributed by atoms with Crippen LogP contribution < -0.4 is 0 Å². The van der Waals surface area contributed by atoms with Crippen molar-refractivity contribution < 1.29 is 17.9 Å². The maximum atomic E-state index is 11.9. The second-order valence-electron chi connectivity index (χ2n) is 4.19. The minimum Gasteiger partial charge on any atom is -0.372 e. The van der Waals surface area contributed by atoms with E-state index in [1.54, 1.807) is 0 Å². The highest BCUT2D eigenvalue weighted by Crippen LogP contribution is 2.37. The molecular weight excluding hydrogens is 315 g/mol. The Kier molecular flexibility index (Phi) is 4.26. The maximum absolute atomic E-state index is 11.9. The van der Waals surface area contributed by atoms with Crippen molar-refractivity contribution in [1.82, 2.24) is 14.8 Å². The summed E-state index contributed by atoms with van der Waals surface area (Å²) in [4.78, 5) is 0. The summed E-state index contributed by atoms with van der Waals surface area (Å²) in [7, 11) is 0. The second-order valence-corrected chi connectivity index (χ2v) is 4.75. The van der Waals surface area contributed by atoms with E-state index in [-0.39, 0.29) is 6.61 Å². The molecule has 0 aromatic carbocycles. The first-order valence-electron chi connectivity index (χ1n) is 5.64. The molecule has 8 heteroatoms. The highest BCUT2D eigenvalue weighted by atomic mass is 79.9. The Morgan fingerprint density at radius 3 is 2.50 bits per heavy atom. The van der Waals surface area contributed by atoms with E-state index >= 15 is 0 Å². The van der Waals surface area contributed by atoms with E-state index in [0.717, 1.165) is 18.7 Å². The summed E-state index contributed by atoms with van der Waals surface area (Å²) < 4.78 is 42.3. The topological polar surface area (TPSA) is 39.9 Å². The predicted molar refractivity (Wildman–Crippen MR) is 61.5 cm³/mol. The van der Waals surface area contributed by atoms with Gasteiger partial charge in [0, 0.05) is 12.5 Å². The highest BCUT2D eigenvalue weighted by molar-refractivity contribution is 9.08. The molecular formula is C10H13BrF3N3O. The molecule has 0 amide bonds. The monoisotopic (exact) mass is 327 g/mol. The molecule has 1 aliphatic rings. The molecule has 1 aromatic heterocycles. The van der Waals surface area contributed by atoms with Gasteiger partial charge in [-0.1, -0.05) is 15.9 Å². The summed E-state index contributed by atoms with van der Waals surface area (Å²) in [6.07, 6.45) is -1.76. The zero-order valence-corrected chi connectivity index (χ0v) is 11.2. The Morgan fingerprint density at radius 1 is 1.28 bits per heavy atom. The fourth-order valence-corrected chi connectivity index (χ4v) is 2.11. The van der Waals surface area contributed by atoms with E-state index < -0.39 is 12.8 Å². The third kappa shape index (κ3) is 3.68. The minimum absolute atomic E-state index is 0.00660. The molecule has 1 heterocycles. The first-order valence-corrected chi connectivity index (χ1v) is 6.76. The number of hydrogen-bond donors (Lipinski definition) is 0. The summed E-state index contributed by atoms with van der Waals surface area (Å²) in [6, 6.07) is 0.408. The van der Waals surface area contributed by atoms with E-state index in [2.05, 4.69) is 30.9 Å². The van der Waals surface area contributed by atoms with Crippen LogP contribution in [0, 0.1) is 0 Å². The number of nitrogens with zero attached hydrogens (tertiary/aromatic N) is 3. The van der Waals surface area contributed by atoms with Crippen molar-refractivity contribution in [2.45, 2.75) is 36.8 Å². The van der Waals surface area contributed by atoms with Crippen LogP contribution in [0.25, 0.3) is 0 Å². The first-order chi connectivity index (χ1) is 8.51. The summed E-state index contributed by atoms with van der Waals surface area (Å²) in [5.41, 5.74) is 0. The number of hydrogen-bond acceptors (Lipinski definition) is 3. The van der Waals surface area contributed by atoms with Crippen LogP contribution in [0.5, 0.6) is 0 Å². The van der Waals surface area contributed by atoms with Crippen molar-refractivity contribution in [3.05, 3.63) is 11.6 Å². The lowest BCUT2D eigenvalue weighted by atomic mass is 10.4. The third-order valence-electron chi connectivity index (χ3n) is 2.60. The van der Waals surface area contributed by atoms with Gasteiger partial charge in [-0.2, -0.15) is 13.2 Å². The van der Waals surface area contributed by atoms with Gasteiger partial charge in [0.05, 0.1) is 11.9 Å². The fraction of sp³-hybridized carbons (Fsp3) is 0.800. The molecule has 0 spiro atoms. The predicted octanol–water partition coefficient (Wildman–Crippen LogP) is 2.63. The van der Waals surface area contributed by atoms with Crippen LogP contribution in [-0.4, -0.2) is 34.2 Å². The van der Waals surface area contributed by atoms with Crippen LogP contribution in [0.4, 0.5) is 13.2 Å². The van der Waals surface area contributed by atoms with Gasteiger partial charge in [-0.3, -0.25) is 0 Å². The number of alkyl halides is 4. The van der Waals surface area contributed by atoms with Crippen molar-refractivity contribution in [2.75, 3.05) is 13.2 Å². The van der Waals surface area contributed by atoms with Crippen LogP contribution in [0.15, 0.2) is 0 Å². The van der Waals surface area contributed by atoms with Gasteiger partial charge in [0.2, 0.25) is 0 Å². The Morgan fingerprint density at radius 2 is 1.94 bits per heavy atom. The average molecular weight is 328 g/mol. The van der Waals surface area contributed by atoms with Crippen molar-refractivity contribution >= 4 is 15.9 Å². The van der Waals surface area contributed by atoms with Crippen LogP contribution in [0.1, 0.15) is 30.5 Å². The van der Waals surface area contributed by atoms with Crippen LogP contribution >= 0.6 is 15.9 Å². The molecule has 4 nitrogen and oxygen atoms in total. The van der Waals surface area contributed by atoms with Gasteiger partial charge < -0.3 is 9.30 Å². The summed E-state index contributed by atoms with van der Waals surface area (Å²) in [6.45, 7) is -1.21. The molecule has 0 unspecified atom stereocenters. The van der Waals surface area contributed by atoms with Crippen molar-refractivity contribution in [3.8, 4) is 0 Å². The molecule has 1 aliphatic carbocycles. The van der Waals surface area contributed by atoms with Crippen molar-refractivity contribution in [3.63, 3.8) is 0 Å². The molecule has 2 rings (SSSR count). The van der Waals surface area contributed by atoms with Crippen LogP contribution in [0.2, 0.25) is 0 Å². The Labute approximate surface area is 111 Å². The van der Waals surface area contributed by atoms with Gasteiger partial charge in [0.1, 0.15) is 18.3 Å². The summed E-state index contributed by atoms with van der Waals surface area (Å²) >= 11 is 3.32. The summed E-state index contributed by atoms with van der Waals surface area (Å²) in [5.74, 6) is 1.53. The standard InChI is InChI=1S/C10H13BrF3N3O/c11-5-9-16-15-8(17(9)7-1-2-7)3-4-18-6-10(12,13)14/h7H,1-6H2. The zero-order valence-electron chi connectivity index (χ0n) is 9.58. The fourth-order valence-electron chi connectivity index (χ4n) is 1.73. The molecule has 18 heavy (non-hydrogen) atoms. The number of rotatable bonds is 6. The molecule has 1 saturated carbocycles. The minimum atomic E-state index is -4.27. The normalized spacial score (nSPS) is 16.2. The Hall–Kier alpha value is -0.630. The second kappa shape index (κ2) is 5.56. The van der Waals surface area contributed by atoms with Gasteiger partial charge in [0.15, 0.2) is 0 Å². The Bertz CT molecular complexity index is 404. The quantitative estimate of drug-likeness (QED) is 0.595. The van der Waals surface area contributed by atoms with Crippen LogP contribution in [-0.2, 0) is 16.5 Å². The third-order valence-corrected chi connectivity index (χ3v) is 3.11.